The lowest BCUT2D eigenvalue weighted by Gasteiger charge is -2.10. The van der Waals surface area contributed by atoms with Crippen molar-refractivity contribution in [3.05, 3.63) is 29.0 Å². The van der Waals surface area contributed by atoms with Gasteiger partial charge in [0.05, 0.1) is 0 Å². The van der Waals surface area contributed by atoms with E-state index >= 15 is 0 Å². The third-order valence-electron chi connectivity index (χ3n) is 1.91. The van der Waals surface area contributed by atoms with Crippen molar-refractivity contribution in [2.75, 3.05) is 5.73 Å². The van der Waals surface area contributed by atoms with Crippen molar-refractivity contribution in [3.63, 3.8) is 0 Å². The molecule has 0 aromatic carbocycles. The summed E-state index contributed by atoms with van der Waals surface area (Å²) < 4.78 is 0. The first kappa shape index (κ1) is 10.3. The minimum Gasteiger partial charge on any atom is -0.398 e. The van der Waals surface area contributed by atoms with Crippen molar-refractivity contribution in [1.82, 2.24) is 5.32 Å². The summed E-state index contributed by atoms with van der Waals surface area (Å²) in [5.74, 6) is 0. The first-order chi connectivity index (χ1) is 6.24. The number of hydrogen-bond acceptors (Lipinski definition) is 3. The molecule has 1 aromatic heterocycles. The van der Waals surface area contributed by atoms with E-state index in [1.54, 1.807) is 11.3 Å². The predicted molar refractivity (Wildman–Crippen MR) is 59.8 cm³/mol. The molecule has 1 atom stereocenters. The molecule has 2 nitrogen and oxygen atoms in total. The van der Waals surface area contributed by atoms with Crippen LogP contribution in [-0.4, -0.2) is 6.04 Å². The van der Waals surface area contributed by atoms with E-state index in [0.29, 0.717) is 6.04 Å². The number of nitrogens with one attached hydrogen (secondary N) is 1. The normalized spacial score (nSPS) is 12.7. The summed E-state index contributed by atoms with van der Waals surface area (Å²) in [6, 6.07) is 2.42. The molecule has 1 unspecified atom stereocenters. The third kappa shape index (κ3) is 3.20. The van der Waals surface area contributed by atoms with Gasteiger partial charge >= 0.3 is 0 Å². The van der Waals surface area contributed by atoms with Gasteiger partial charge in [-0.3, -0.25) is 0 Å². The molecular formula is C10H16N2S. The Hall–Kier alpha value is -0.800. The van der Waals surface area contributed by atoms with E-state index in [2.05, 4.69) is 18.8 Å². The second-order valence-corrected chi connectivity index (χ2v) is 4.11. The second kappa shape index (κ2) is 5.04. The highest BCUT2D eigenvalue weighted by atomic mass is 32.1. The van der Waals surface area contributed by atoms with Gasteiger partial charge in [-0.25, -0.2) is 0 Å². The van der Waals surface area contributed by atoms with Crippen molar-refractivity contribution in [2.45, 2.75) is 25.9 Å². The molecule has 3 N–H and O–H groups in total. The Bertz CT molecular complexity index is 268. The molecule has 1 heterocycles. The van der Waals surface area contributed by atoms with Crippen molar-refractivity contribution in [1.29, 1.82) is 0 Å². The van der Waals surface area contributed by atoms with Gasteiger partial charge in [-0.05, 0) is 24.8 Å². The maximum atomic E-state index is 5.75. The Morgan fingerprint density at radius 2 is 2.54 bits per heavy atom. The predicted octanol–water partition coefficient (Wildman–Crippen LogP) is 2.38. The van der Waals surface area contributed by atoms with Gasteiger partial charge in [-0.2, -0.15) is 0 Å². The maximum absolute atomic E-state index is 5.75. The van der Waals surface area contributed by atoms with Gasteiger partial charge in [0.15, 0.2) is 0 Å². The number of nitrogens with two attached hydrogens (primary N) is 1. The van der Waals surface area contributed by atoms with Crippen LogP contribution >= 0.6 is 11.3 Å². The molecule has 0 amide bonds. The fourth-order valence-corrected chi connectivity index (χ4v) is 1.84. The molecule has 0 aliphatic carbocycles. The summed E-state index contributed by atoms with van der Waals surface area (Å²) in [5, 5.41) is 5.40. The second-order valence-electron chi connectivity index (χ2n) is 3.11. The lowest BCUT2D eigenvalue weighted by atomic mass is 10.2. The molecule has 0 saturated heterocycles. The van der Waals surface area contributed by atoms with Crippen molar-refractivity contribution < 1.29 is 0 Å². The summed E-state index contributed by atoms with van der Waals surface area (Å²) in [6.07, 6.45) is 2.92. The zero-order chi connectivity index (χ0) is 9.68. The minimum absolute atomic E-state index is 0.471. The van der Waals surface area contributed by atoms with Gasteiger partial charge in [-0.1, -0.05) is 6.08 Å². The zero-order valence-electron chi connectivity index (χ0n) is 7.92. The minimum atomic E-state index is 0.471. The first-order valence-corrected chi connectivity index (χ1v) is 5.28. The van der Waals surface area contributed by atoms with Crippen molar-refractivity contribution in [3.8, 4) is 0 Å². The van der Waals surface area contributed by atoms with E-state index in [0.717, 1.165) is 18.7 Å². The molecule has 0 radical (unpaired) electrons. The lowest BCUT2D eigenvalue weighted by molar-refractivity contribution is 0.558. The smallest absolute Gasteiger partial charge is 0.0468 e. The van der Waals surface area contributed by atoms with Gasteiger partial charge in [0, 0.05) is 23.2 Å². The van der Waals surface area contributed by atoms with Crippen LogP contribution in [0.4, 0.5) is 5.69 Å². The molecule has 0 aliphatic heterocycles. The number of nitrogen functional groups attached to an aromatic ring is 1. The lowest BCUT2D eigenvalue weighted by Crippen LogP contribution is -2.24. The van der Waals surface area contributed by atoms with Gasteiger partial charge in [-0.15, -0.1) is 17.9 Å². The SMILES string of the molecule is C=CCC(C)NCc1sccc1N. The van der Waals surface area contributed by atoms with Crippen molar-refractivity contribution in [2.24, 2.45) is 0 Å². The average Bonchev–Trinajstić information content (AvgIpc) is 2.48. The highest BCUT2D eigenvalue weighted by Gasteiger charge is 2.02. The van der Waals surface area contributed by atoms with E-state index in [4.69, 9.17) is 5.73 Å². The fraction of sp³-hybridized carbons (Fsp3) is 0.400. The van der Waals surface area contributed by atoms with E-state index in [9.17, 15) is 0 Å². The van der Waals surface area contributed by atoms with Crippen LogP contribution in [0.5, 0.6) is 0 Å². The largest absolute Gasteiger partial charge is 0.398 e. The van der Waals surface area contributed by atoms with Gasteiger partial charge < -0.3 is 11.1 Å². The quantitative estimate of drug-likeness (QED) is 0.710. The Labute approximate surface area is 83.5 Å². The average molecular weight is 196 g/mol. The molecule has 0 fully saturated rings. The van der Waals surface area contributed by atoms with Crippen LogP contribution in [0.1, 0.15) is 18.2 Å². The maximum Gasteiger partial charge on any atom is 0.0468 e. The highest BCUT2D eigenvalue weighted by molar-refractivity contribution is 7.10. The Balaban J connectivity index is 2.34. The standard InChI is InChI=1S/C10H16N2S/c1-3-4-8(2)12-7-10-9(11)5-6-13-10/h3,5-6,8,12H,1,4,7,11H2,2H3. The van der Waals surface area contributed by atoms with Crippen LogP contribution in [-0.2, 0) is 6.54 Å². The number of rotatable bonds is 5. The van der Waals surface area contributed by atoms with Crippen LogP contribution in [0.2, 0.25) is 0 Å². The summed E-state index contributed by atoms with van der Waals surface area (Å²) in [4.78, 5) is 1.22. The Morgan fingerprint density at radius 1 is 1.77 bits per heavy atom. The topological polar surface area (TPSA) is 38.0 Å². The van der Waals surface area contributed by atoms with E-state index in [-0.39, 0.29) is 0 Å². The monoisotopic (exact) mass is 196 g/mol. The summed E-state index contributed by atoms with van der Waals surface area (Å²) in [7, 11) is 0. The summed E-state index contributed by atoms with van der Waals surface area (Å²) >= 11 is 1.70. The van der Waals surface area contributed by atoms with E-state index in [1.807, 2.05) is 17.5 Å². The summed E-state index contributed by atoms with van der Waals surface area (Å²) in [6.45, 7) is 6.71. The van der Waals surface area contributed by atoms with Crippen LogP contribution in [0, 0.1) is 0 Å². The molecule has 72 valence electrons. The Morgan fingerprint density at radius 3 is 3.08 bits per heavy atom. The third-order valence-corrected chi connectivity index (χ3v) is 2.85. The van der Waals surface area contributed by atoms with Crippen LogP contribution in [0.25, 0.3) is 0 Å². The molecule has 1 rings (SSSR count). The van der Waals surface area contributed by atoms with Gasteiger partial charge in [0.25, 0.3) is 0 Å². The van der Waals surface area contributed by atoms with Gasteiger partial charge in [0.2, 0.25) is 0 Å². The Kier molecular flexibility index (Phi) is 3.99. The van der Waals surface area contributed by atoms with E-state index in [1.165, 1.54) is 4.88 Å². The molecule has 3 heteroatoms. The van der Waals surface area contributed by atoms with Crippen LogP contribution in [0.3, 0.4) is 0 Å². The number of anilines is 1. The molecule has 0 spiro atoms. The zero-order valence-corrected chi connectivity index (χ0v) is 8.73. The summed E-state index contributed by atoms with van der Waals surface area (Å²) in [5.41, 5.74) is 6.64. The van der Waals surface area contributed by atoms with Crippen LogP contribution < -0.4 is 11.1 Å². The van der Waals surface area contributed by atoms with Crippen LogP contribution in [0.15, 0.2) is 24.1 Å². The van der Waals surface area contributed by atoms with Crippen molar-refractivity contribution >= 4 is 17.0 Å². The molecule has 0 saturated carbocycles. The first-order valence-electron chi connectivity index (χ1n) is 4.40. The number of hydrogen-bond donors (Lipinski definition) is 2. The highest BCUT2D eigenvalue weighted by Crippen LogP contribution is 2.18. The molecule has 0 aliphatic rings. The fourth-order valence-electron chi connectivity index (χ4n) is 1.09. The van der Waals surface area contributed by atoms with E-state index < -0.39 is 0 Å². The van der Waals surface area contributed by atoms with Gasteiger partial charge in [0.1, 0.15) is 0 Å². The molecule has 1 aromatic rings. The molecule has 0 bridgehead atoms. The number of thiophene rings is 1. The molecular weight excluding hydrogens is 180 g/mol. The molecule has 13 heavy (non-hydrogen) atoms.